The van der Waals surface area contributed by atoms with Crippen molar-refractivity contribution in [2.75, 3.05) is 40.9 Å². The average molecular weight is 785 g/mol. The van der Waals surface area contributed by atoms with Crippen molar-refractivity contribution in [3.63, 3.8) is 0 Å². The van der Waals surface area contributed by atoms with Gasteiger partial charge in [0.15, 0.2) is 18.0 Å². The number of Topliss-reactive ketones (excluding diaryl/α,β-unsaturated/α-hetero) is 1. The SMILES string of the molecule is CCCCC/C=C\C/C=C\CCCCCCCC(=O)O[C@@H](COP(=O)(O)OCC[N+](C)(C)C)C(O)C(=O)CCCCCCC/C=C\CCCCCCCC. The van der Waals surface area contributed by atoms with Crippen LogP contribution in [0.4, 0.5) is 0 Å². The van der Waals surface area contributed by atoms with E-state index in [-0.39, 0.29) is 19.4 Å². The number of unbranched alkanes of at least 4 members (excludes halogenated alkanes) is 19. The summed E-state index contributed by atoms with van der Waals surface area (Å²) in [5, 5.41) is 10.9. The molecular weight excluding hydrogens is 701 g/mol. The molecule has 2 N–H and O–H groups in total. The topological polar surface area (TPSA) is 119 Å². The normalized spacial score (nSPS) is 14.6. The van der Waals surface area contributed by atoms with Crippen molar-refractivity contribution in [3.8, 4) is 0 Å². The van der Waals surface area contributed by atoms with Crippen LogP contribution in [0.5, 0.6) is 0 Å². The Hall–Kier alpha value is -1.61. The summed E-state index contributed by atoms with van der Waals surface area (Å²) in [5.74, 6) is -1.04. The summed E-state index contributed by atoms with van der Waals surface area (Å²) in [6.45, 7) is 4.29. The van der Waals surface area contributed by atoms with E-state index in [1.54, 1.807) is 0 Å². The Balaban J connectivity index is 4.58. The number of aliphatic hydroxyl groups is 1. The smallest absolute Gasteiger partial charge is 0.457 e. The summed E-state index contributed by atoms with van der Waals surface area (Å²) in [6, 6.07) is 0. The standard InChI is InChI=1S/C44H82NO8P/c1-6-8-10-12-14-16-18-20-22-24-26-28-30-32-34-36-41(46)44(48)42(40-52-54(49,50)51-39-38-45(3,4)5)53-43(47)37-35-33-31-29-27-25-23-21-19-17-15-13-11-9-7-2/h15,17,20-23,42,44,48H,6-14,16,18-19,24-40H2,1-5H3/p+1/b17-15-,22-20-,23-21-/t42-,44?/m0/s1. The average Bonchev–Trinajstić information content (AvgIpc) is 3.12. The Morgan fingerprint density at radius 2 is 1.04 bits per heavy atom. The van der Waals surface area contributed by atoms with Gasteiger partial charge in [-0.1, -0.05) is 134 Å². The second-order valence-electron chi connectivity index (χ2n) is 15.9. The van der Waals surface area contributed by atoms with E-state index in [0.717, 1.165) is 83.5 Å². The van der Waals surface area contributed by atoms with Crippen molar-refractivity contribution in [1.82, 2.24) is 0 Å². The van der Waals surface area contributed by atoms with Gasteiger partial charge in [-0.25, -0.2) is 4.57 Å². The van der Waals surface area contributed by atoms with Crippen molar-refractivity contribution in [2.24, 2.45) is 0 Å². The molecule has 10 heteroatoms. The number of ether oxygens (including phenoxy) is 1. The highest BCUT2D eigenvalue weighted by molar-refractivity contribution is 7.47. The molecule has 2 unspecified atom stereocenters. The fourth-order valence-electron chi connectivity index (χ4n) is 5.86. The Kier molecular flexibility index (Phi) is 34.7. The van der Waals surface area contributed by atoms with Crippen LogP contribution in [-0.2, 0) is 27.9 Å². The number of hydrogen-bond donors (Lipinski definition) is 2. The molecule has 0 heterocycles. The molecule has 54 heavy (non-hydrogen) atoms. The van der Waals surface area contributed by atoms with E-state index in [2.05, 4.69) is 50.3 Å². The maximum atomic E-state index is 12.9. The van der Waals surface area contributed by atoms with Crippen LogP contribution in [-0.4, -0.2) is 79.3 Å². The molecule has 0 saturated heterocycles. The number of rotatable bonds is 39. The van der Waals surface area contributed by atoms with Gasteiger partial charge in [-0.15, -0.1) is 0 Å². The number of hydrogen-bond acceptors (Lipinski definition) is 7. The highest BCUT2D eigenvalue weighted by Crippen LogP contribution is 2.43. The van der Waals surface area contributed by atoms with Crippen LogP contribution >= 0.6 is 7.82 Å². The summed E-state index contributed by atoms with van der Waals surface area (Å²) in [5.41, 5.74) is 0. The molecule has 0 fully saturated rings. The third-order valence-corrected chi connectivity index (χ3v) is 10.4. The van der Waals surface area contributed by atoms with Gasteiger partial charge in [0.05, 0.1) is 27.7 Å². The van der Waals surface area contributed by atoms with Gasteiger partial charge in [0, 0.05) is 12.8 Å². The lowest BCUT2D eigenvalue weighted by atomic mass is 10.0. The number of carbonyl (C=O) groups is 2. The van der Waals surface area contributed by atoms with Crippen molar-refractivity contribution >= 4 is 19.6 Å². The van der Waals surface area contributed by atoms with E-state index < -0.39 is 38.4 Å². The quantitative estimate of drug-likeness (QED) is 0.0208. The number of carbonyl (C=O) groups excluding carboxylic acids is 2. The van der Waals surface area contributed by atoms with Crippen LogP contribution in [0.2, 0.25) is 0 Å². The minimum Gasteiger partial charge on any atom is -0.457 e. The van der Waals surface area contributed by atoms with E-state index in [4.69, 9.17) is 13.8 Å². The second-order valence-corrected chi connectivity index (χ2v) is 17.3. The van der Waals surface area contributed by atoms with Gasteiger partial charge in [-0.3, -0.25) is 18.6 Å². The fraction of sp³-hybridized carbons (Fsp3) is 0.818. The van der Waals surface area contributed by atoms with E-state index in [1.807, 2.05) is 21.1 Å². The van der Waals surface area contributed by atoms with E-state index in [1.165, 1.54) is 57.8 Å². The molecule has 3 atom stereocenters. The molecule has 9 nitrogen and oxygen atoms in total. The monoisotopic (exact) mass is 785 g/mol. The maximum Gasteiger partial charge on any atom is 0.472 e. The molecule has 0 amide bonds. The Morgan fingerprint density at radius 1 is 0.611 bits per heavy atom. The number of esters is 1. The molecular formula is C44H83NO8P+. The number of allylic oxidation sites excluding steroid dienone is 6. The Bertz CT molecular complexity index is 1040. The predicted octanol–water partition coefficient (Wildman–Crippen LogP) is 11.5. The summed E-state index contributed by atoms with van der Waals surface area (Å²) >= 11 is 0. The van der Waals surface area contributed by atoms with Gasteiger partial charge < -0.3 is 19.2 Å². The molecule has 0 aliphatic heterocycles. The van der Waals surface area contributed by atoms with Gasteiger partial charge in [0.2, 0.25) is 0 Å². The van der Waals surface area contributed by atoms with Crippen molar-refractivity contribution in [3.05, 3.63) is 36.5 Å². The number of likely N-dealkylation sites (N-methyl/N-ethyl adjacent to an activating group) is 1. The van der Waals surface area contributed by atoms with Crippen LogP contribution in [0.15, 0.2) is 36.5 Å². The highest BCUT2D eigenvalue weighted by Gasteiger charge is 2.33. The van der Waals surface area contributed by atoms with E-state index >= 15 is 0 Å². The molecule has 0 aromatic carbocycles. The fourth-order valence-corrected chi connectivity index (χ4v) is 6.58. The van der Waals surface area contributed by atoms with Crippen LogP contribution in [0.1, 0.15) is 181 Å². The van der Waals surface area contributed by atoms with Crippen LogP contribution < -0.4 is 0 Å². The van der Waals surface area contributed by atoms with Crippen LogP contribution in [0.3, 0.4) is 0 Å². The molecule has 0 aliphatic carbocycles. The van der Waals surface area contributed by atoms with Crippen LogP contribution in [0, 0.1) is 0 Å². The Labute approximate surface area is 331 Å². The molecule has 0 saturated carbocycles. The summed E-state index contributed by atoms with van der Waals surface area (Å²) in [7, 11) is 1.28. The molecule has 0 radical (unpaired) electrons. The molecule has 0 aromatic rings. The number of quaternary nitrogens is 1. The minimum absolute atomic E-state index is 0.0223. The lowest BCUT2D eigenvalue weighted by Crippen LogP contribution is -2.40. The first-order valence-electron chi connectivity index (χ1n) is 21.7. The van der Waals surface area contributed by atoms with Gasteiger partial charge in [-0.2, -0.15) is 0 Å². The first-order chi connectivity index (χ1) is 25.9. The number of ketones is 1. The molecule has 0 spiro atoms. The second kappa shape index (κ2) is 35.8. The van der Waals surface area contributed by atoms with Gasteiger partial charge in [-0.05, 0) is 70.6 Å². The number of aliphatic hydroxyl groups excluding tert-OH is 1. The zero-order valence-electron chi connectivity index (χ0n) is 35.4. The molecule has 0 aliphatic rings. The predicted molar refractivity (Wildman–Crippen MR) is 224 cm³/mol. The third-order valence-electron chi connectivity index (χ3n) is 9.40. The maximum absolute atomic E-state index is 12.9. The van der Waals surface area contributed by atoms with Crippen LogP contribution in [0.25, 0.3) is 0 Å². The summed E-state index contributed by atoms with van der Waals surface area (Å²) in [6.07, 6.45) is 37.3. The molecule has 316 valence electrons. The van der Waals surface area contributed by atoms with Crippen molar-refractivity contribution < 1.29 is 42.4 Å². The number of nitrogens with zero attached hydrogens (tertiary/aromatic N) is 1. The van der Waals surface area contributed by atoms with Gasteiger partial charge in [0.1, 0.15) is 13.2 Å². The zero-order valence-corrected chi connectivity index (χ0v) is 36.3. The lowest BCUT2D eigenvalue weighted by Gasteiger charge is -2.25. The zero-order chi connectivity index (χ0) is 40.2. The molecule has 0 rings (SSSR count). The van der Waals surface area contributed by atoms with Crippen molar-refractivity contribution in [1.29, 1.82) is 0 Å². The van der Waals surface area contributed by atoms with E-state index in [0.29, 0.717) is 23.9 Å². The minimum atomic E-state index is -4.49. The molecule has 0 aromatic heterocycles. The van der Waals surface area contributed by atoms with Crippen molar-refractivity contribution in [2.45, 2.75) is 193 Å². The highest BCUT2D eigenvalue weighted by atomic mass is 31.2. The summed E-state index contributed by atoms with van der Waals surface area (Å²) in [4.78, 5) is 35.9. The molecule has 0 bridgehead atoms. The number of phosphoric ester groups is 1. The van der Waals surface area contributed by atoms with E-state index in [9.17, 15) is 24.2 Å². The lowest BCUT2D eigenvalue weighted by molar-refractivity contribution is -0.870. The first-order valence-corrected chi connectivity index (χ1v) is 23.2. The Morgan fingerprint density at radius 3 is 1.56 bits per heavy atom. The van der Waals surface area contributed by atoms with Gasteiger partial charge in [0.25, 0.3) is 0 Å². The summed E-state index contributed by atoms with van der Waals surface area (Å²) < 4.78 is 28.7. The third kappa shape index (κ3) is 36.1. The number of phosphoric acid groups is 1. The van der Waals surface area contributed by atoms with Gasteiger partial charge >= 0.3 is 13.8 Å². The largest absolute Gasteiger partial charge is 0.472 e. The first kappa shape index (κ1) is 52.4.